The van der Waals surface area contributed by atoms with Crippen LogP contribution in [0.25, 0.3) is 22.0 Å². The first-order valence-corrected chi connectivity index (χ1v) is 25.5. The van der Waals surface area contributed by atoms with E-state index in [0.717, 1.165) is 47.6 Å². The summed E-state index contributed by atoms with van der Waals surface area (Å²) in [6, 6.07) is 2.27. The highest BCUT2D eigenvalue weighted by Crippen LogP contribution is 2.69. The third-order valence-electron chi connectivity index (χ3n) is 12.3. The molecule has 7 rings (SSSR count). The molecule has 0 spiro atoms. The van der Waals surface area contributed by atoms with Crippen LogP contribution in [0.1, 0.15) is 78.5 Å². The van der Waals surface area contributed by atoms with Crippen LogP contribution < -0.4 is 15.8 Å². The van der Waals surface area contributed by atoms with Crippen LogP contribution in [0.2, 0.25) is 5.02 Å². The summed E-state index contributed by atoms with van der Waals surface area (Å²) in [6.07, 6.45) is -10.3. The van der Waals surface area contributed by atoms with Crippen molar-refractivity contribution in [3.8, 4) is 23.0 Å². The van der Waals surface area contributed by atoms with Gasteiger partial charge in [0.25, 0.3) is 5.92 Å². The first-order chi connectivity index (χ1) is 33.1. The summed E-state index contributed by atoms with van der Waals surface area (Å²) < 4.78 is 202. The number of carbonyl (C=O) groups excluding carboxylic acids is 2. The Morgan fingerprint density at radius 1 is 0.972 bits per heavy atom. The Morgan fingerprint density at radius 2 is 1.60 bits per heavy atom. The molecule has 3 amide bonds. The van der Waals surface area contributed by atoms with Crippen LogP contribution in [-0.4, -0.2) is 102 Å². The summed E-state index contributed by atoms with van der Waals surface area (Å²) in [7, 11) is -7.62. The van der Waals surface area contributed by atoms with E-state index in [2.05, 4.69) is 27.0 Å². The number of pyridine rings is 1. The van der Waals surface area contributed by atoms with Gasteiger partial charge in [0, 0.05) is 54.4 Å². The van der Waals surface area contributed by atoms with E-state index in [0.29, 0.717) is 12.3 Å². The van der Waals surface area contributed by atoms with Crippen LogP contribution in [0.5, 0.6) is 0 Å². The zero-order valence-electron chi connectivity index (χ0n) is 38.3. The average Bonchev–Trinajstić information content (AvgIpc) is 3.74. The predicted octanol–water partition coefficient (Wildman–Crippen LogP) is 7.41. The molecule has 1 fully saturated rings. The second-order valence-electron chi connectivity index (χ2n) is 18.0. The molecule has 1 unspecified atom stereocenters. The van der Waals surface area contributed by atoms with Crippen molar-refractivity contribution in [2.24, 2.45) is 17.4 Å². The van der Waals surface area contributed by atoms with Gasteiger partial charge in [-0.1, -0.05) is 23.6 Å². The highest BCUT2D eigenvalue weighted by atomic mass is 35.5. The Labute approximate surface area is 409 Å². The number of hydrogen-bond donors (Lipinski definition) is 2. The van der Waals surface area contributed by atoms with Crippen molar-refractivity contribution in [2.75, 3.05) is 37.0 Å². The minimum atomic E-state index is -5.40. The van der Waals surface area contributed by atoms with E-state index in [4.69, 9.17) is 23.1 Å². The summed E-state index contributed by atoms with van der Waals surface area (Å²) >= 11 is 6.67. The van der Waals surface area contributed by atoms with Crippen molar-refractivity contribution in [3.05, 3.63) is 93.0 Å². The van der Waals surface area contributed by atoms with Crippen LogP contribution in [0.3, 0.4) is 0 Å². The molecule has 3 aromatic heterocycles. The van der Waals surface area contributed by atoms with Gasteiger partial charge in [0.15, 0.2) is 21.3 Å². The first kappa shape index (κ1) is 53.8. The van der Waals surface area contributed by atoms with Gasteiger partial charge >= 0.3 is 18.4 Å². The quantitative estimate of drug-likeness (QED) is 0.0831. The number of rotatable bonds is 14. The predicted molar refractivity (Wildman–Crippen MR) is 242 cm³/mol. The standard InChI is InChI=1S/C44H42ClF10N9O6S2/c1-41(2,71(4,67)68)12-11-24-7-8-25(26-9-10-30(45)32-34(26)62(20-42(48,49)50)60-39(32)64(72(5,69)70)40(66)61(3)14-6-13-56)33(58-24)28(17-21-15-22(46)18-23(47)16-21)35(38(57)65)63-37-31(36(59-63)44(53,54)55)27-19-29(27)43(37,51)52/h7-10,15-16,18,27-29,35H,6,13-14,17,19-20,56H2,1-5H3,(H2,57,65)/t27-,28+,29+,35?/m0/s1. The molecule has 2 aliphatic carbocycles. The van der Waals surface area contributed by atoms with Gasteiger partial charge in [0.2, 0.25) is 15.9 Å². The number of fused-ring (bicyclic) bond motifs is 4. The molecule has 3 heterocycles. The molecule has 0 saturated heterocycles. The van der Waals surface area contributed by atoms with Gasteiger partial charge < -0.3 is 16.4 Å². The van der Waals surface area contributed by atoms with Crippen LogP contribution in [-0.2, 0) is 49.7 Å². The van der Waals surface area contributed by atoms with Gasteiger partial charge in [-0.25, -0.2) is 40.1 Å². The molecule has 0 aliphatic heterocycles. The molecular weight excluding hydrogens is 1040 g/mol. The third-order valence-corrected chi connectivity index (χ3v) is 15.6. The fourth-order valence-corrected chi connectivity index (χ4v) is 10.0. The van der Waals surface area contributed by atoms with E-state index < -0.39 is 170 Å². The summed E-state index contributed by atoms with van der Waals surface area (Å²) in [5, 5.41) is 6.37. The number of benzene rings is 2. The van der Waals surface area contributed by atoms with Crippen molar-refractivity contribution in [1.82, 2.24) is 29.4 Å². The second-order valence-corrected chi connectivity index (χ2v) is 22.8. The van der Waals surface area contributed by atoms with E-state index in [1.165, 1.54) is 20.9 Å². The normalized spacial score (nSPS) is 17.5. The topological polar surface area (TPSA) is 209 Å². The molecule has 0 radical (unpaired) electrons. The molecule has 15 nitrogen and oxygen atoms in total. The SMILES string of the molecule is CN(CCCN)C(=O)N(c1nn(CC(F)(F)F)c2c(-c3ccc(C#CC(C)(C)S(C)(=O)=O)nc3[C@@H](Cc3cc(F)cc(F)c3)C(C(N)=O)n3nc(C(F)(F)F)c4c3C(F)(F)[C@@H]3C[C@H]43)ccc(Cl)c12)S(C)(=O)=O. The lowest BCUT2D eigenvalue weighted by molar-refractivity contribution is -0.143. The lowest BCUT2D eigenvalue weighted by Crippen LogP contribution is -2.45. The van der Waals surface area contributed by atoms with Crippen molar-refractivity contribution < 1.29 is 70.3 Å². The van der Waals surface area contributed by atoms with Crippen LogP contribution >= 0.6 is 11.6 Å². The summed E-state index contributed by atoms with van der Waals surface area (Å²) in [5.41, 5.74) is 4.39. The van der Waals surface area contributed by atoms with Gasteiger partial charge in [-0.05, 0) is 87.4 Å². The van der Waals surface area contributed by atoms with Gasteiger partial charge in [-0.15, -0.1) is 0 Å². The van der Waals surface area contributed by atoms with Crippen molar-refractivity contribution in [3.63, 3.8) is 0 Å². The maximum Gasteiger partial charge on any atom is 0.435 e. The molecule has 1 saturated carbocycles. The maximum absolute atomic E-state index is 16.3. The summed E-state index contributed by atoms with van der Waals surface area (Å²) in [5.74, 6) is -9.25. The summed E-state index contributed by atoms with van der Waals surface area (Å²) in [6.45, 7) is 0.279. The molecule has 0 bridgehead atoms. The van der Waals surface area contributed by atoms with E-state index in [1.54, 1.807) is 0 Å². The molecule has 4 atom stereocenters. The lowest BCUT2D eigenvalue weighted by atomic mass is 9.84. The molecule has 2 aliphatic rings. The number of carbonyl (C=O) groups is 2. The highest BCUT2D eigenvalue weighted by Gasteiger charge is 2.69. The van der Waals surface area contributed by atoms with Crippen LogP contribution in [0.15, 0.2) is 42.5 Å². The number of primary amides is 1. The molecule has 388 valence electrons. The maximum atomic E-state index is 16.3. The Kier molecular flexibility index (Phi) is 13.8. The summed E-state index contributed by atoms with van der Waals surface area (Å²) in [4.78, 5) is 33.4. The molecule has 2 aromatic carbocycles. The Balaban J connectivity index is 1.63. The number of aromatic nitrogens is 5. The van der Waals surface area contributed by atoms with E-state index >= 15 is 17.6 Å². The second kappa shape index (κ2) is 18.5. The smallest absolute Gasteiger partial charge is 0.368 e. The molecule has 72 heavy (non-hydrogen) atoms. The number of anilines is 1. The number of nitrogens with zero attached hydrogens (tertiary/aromatic N) is 7. The van der Waals surface area contributed by atoms with E-state index in [9.17, 15) is 52.8 Å². The van der Waals surface area contributed by atoms with E-state index in [-0.39, 0.29) is 39.6 Å². The number of hydrogen-bond acceptors (Lipinski definition) is 10. The Bertz CT molecular complexity index is 3310. The molecular formula is C44H42ClF10N9O6S2. The highest BCUT2D eigenvalue weighted by molar-refractivity contribution is 7.93. The van der Waals surface area contributed by atoms with Gasteiger partial charge in [0.1, 0.15) is 40.4 Å². The van der Waals surface area contributed by atoms with Gasteiger partial charge in [-0.3, -0.25) is 9.48 Å². The van der Waals surface area contributed by atoms with Crippen LogP contribution in [0.4, 0.5) is 54.5 Å². The number of nitrogens with two attached hydrogens (primary N) is 2. The van der Waals surface area contributed by atoms with Crippen molar-refractivity contribution >= 4 is 60.1 Å². The molecule has 28 heteroatoms. The zero-order valence-corrected chi connectivity index (χ0v) is 40.7. The number of sulfone groups is 1. The monoisotopic (exact) mass is 1080 g/mol. The third kappa shape index (κ3) is 10.2. The molecule has 5 aromatic rings. The van der Waals surface area contributed by atoms with Crippen LogP contribution in [0, 0.1) is 29.4 Å². The minimum Gasteiger partial charge on any atom is -0.368 e. The fraction of sp³-hybridized carbons (Fsp3) is 0.432. The number of halogens is 11. The van der Waals surface area contributed by atoms with Crippen molar-refractivity contribution in [1.29, 1.82) is 0 Å². The first-order valence-electron chi connectivity index (χ1n) is 21.4. The van der Waals surface area contributed by atoms with Gasteiger partial charge in [-0.2, -0.15) is 49.6 Å². The van der Waals surface area contributed by atoms with Crippen molar-refractivity contribution in [2.45, 2.75) is 80.6 Å². The number of amides is 3. The Hall–Kier alpha value is -5.98. The Morgan fingerprint density at radius 3 is 2.15 bits per heavy atom. The number of sulfonamides is 1. The fourth-order valence-electron chi connectivity index (χ4n) is 8.70. The number of alkyl halides is 8. The molecule has 4 N–H and O–H groups in total. The average molecular weight is 1080 g/mol. The minimum absolute atomic E-state index is 0.0343. The zero-order chi connectivity index (χ0) is 53.6. The largest absolute Gasteiger partial charge is 0.435 e. The van der Waals surface area contributed by atoms with Gasteiger partial charge in [0.05, 0.1) is 27.9 Å². The number of urea groups is 1. The lowest BCUT2D eigenvalue weighted by Gasteiger charge is -2.29. The van der Waals surface area contributed by atoms with E-state index in [1.807, 2.05) is 0 Å².